The normalized spacial score (nSPS) is 21.4. The molecule has 86 valence electrons. The first-order chi connectivity index (χ1) is 7.52. The molecule has 1 aliphatic carbocycles. The van der Waals surface area contributed by atoms with E-state index in [1.165, 1.54) is 11.1 Å². The molecule has 16 heavy (non-hydrogen) atoms. The van der Waals surface area contributed by atoms with E-state index in [0.717, 1.165) is 17.7 Å². The molecule has 0 saturated carbocycles. The van der Waals surface area contributed by atoms with E-state index in [1.54, 1.807) is 6.08 Å². The molecule has 0 bridgehead atoms. The summed E-state index contributed by atoms with van der Waals surface area (Å²) < 4.78 is 0. The summed E-state index contributed by atoms with van der Waals surface area (Å²) in [6.45, 7) is 12.0. The Hall–Kier alpha value is -0.950. The lowest BCUT2D eigenvalue weighted by Gasteiger charge is -2.24. The topological polar surface area (TPSA) is 0 Å². The second kappa shape index (κ2) is 5.40. The summed E-state index contributed by atoms with van der Waals surface area (Å²) in [6.07, 6.45) is 11.3. The largest absolute Gasteiger partial charge is 0.175 e. The van der Waals surface area contributed by atoms with Crippen LogP contribution in [0, 0.1) is 5.41 Å². The zero-order valence-electron chi connectivity index (χ0n) is 10.2. The van der Waals surface area contributed by atoms with Gasteiger partial charge in [-0.3, -0.25) is 0 Å². The van der Waals surface area contributed by atoms with Gasteiger partial charge in [0.05, 0.1) is 0 Å². The van der Waals surface area contributed by atoms with Crippen molar-refractivity contribution in [3.05, 3.63) is 60.3 Å². The van der Waals surface area contributed by atoms with Gasteiger partial charge in [-0.1, -0.05) is 68.5 Å². The van der Waals surface area contributed by atoms with Crippen molar-refractivity contribution in [3.8, 4) is 0 Å². The van der Waals surface area contributed by atoms with Gasteiger partial charge in [-0.25, -0.2) is 0 Å². The molecule has 0 aromatic carbocycles. The summed E-state index contributed by atoms with van der Waals surface area (Å²) in [5, 5.41) is 0. The first-order valence-corrected chi connectivity index (χ1v) is 6.15. The van der Waals surface area contributed by atoms with Crippen LogP contribution in [0.15, 0.2) is 60.3 Å². The summed E-state index contributed by atoms with van der Waals surface area (Å²) in [7, 11) is 0. The van der Waals surface area contributed by atoms with E-state index in [-0.39, 0.29) is 5.41 Å². The highest BCUT2D eigenvalue weighted by Gasteiger charge is 2.30. The van der Waals surface area contributed by atoms with Gasteiger partial charge in [-0.2, -0.15) is 12.6 Å². The first kappa shape index (κ1) is 13.1. The third kappa shape index (κ3) is 2.79. The molecule has 1 heteroatoms. The van der Waals surface area contributed by atoms with Crippen LogP contribution in [0.2, 0.25) is 0 Å². The number of allylic oxidation sites excluding steroid dienone is 7. The van der Waals surface area contributed by atoms with Crippen molar-refractivity contribution < 1.29 is 0 Å². The number of hydrogen-bond donors (Lipinski definition) is 1. The van der Waals surface area contributed by atoms with Gasteiger partial charge in [0, 0.05) is 11.2 Å². The lowest BCUT2D eigenvalue weighted by Crippen LogP contribution is -2.13. The van der Waals surface area contributed by atoms with E-state index in [0.29, 0.717) is 0 Å². The third-order valence-electron chi connectivity index (χ3n) is 3.21. The van der Waals surface area contributed by atoms with E-state index in [4.69, 9.17) is 0 Å². The van der Waals surface area contributed by atoms with Crippen molar-refractivity contribution in [2.24, 2.45) is 5.41 Å². The number of hydrogen-bond acceptors (Lipinski definition) is 1. The minimum atomic E-state index is 0.154. The predicted molar refractivity (Wildman–Crippen MR) is 76.9 cm³/mol. The Kier molecular flexibility index (Phi) is 4.43. The van der Waals surface area contributed by atoms with Crippen LogP contribution in [0.5, 0.6) is 0 Å². The molecule has 1 rings (SSSR count). The molecule has 0 amide bonds. The highest BCUT2D eigenvalue weighted by atomic mass is 32.1. The standard InChI is InChI=1S/C15H20S/c1-5-12(2)7-6-8-13-9-10-14(11-16)15(13,3)4/h5-8,10,16H,1-2,9,11H2,3-4H3/b7-6-,13-8+. The fourth-order valence-corrected chi connectivity index (χ4v) is 2.37. The van der Waals surface area contributed by atoms with Crippen molar-refractivity contribution in [1.29, 1.82) is 0 Å². The van der Waals surface area contributed by atoms with E-state index in [1.807, 2.05) is 6.08 Å². The Labute approximate surface area is 105 Å². The average Bonchev–Trinajstić information content (AvgIpc) is 2.53. The molecule has 0 unspecified atom stereocenters. The monoisotopic (exact) mass is 232 g/mol. The highest BCUT2D eigenvalue weighted by Crippen LogP contribution is 2.43. The lowest BCUT2D eigenvalue weighted by molar-refractivity contribution is 0.557. The predicted octanol–water partition coefficient (Wildman–Crippen LogP) is 4.50. The minimum absolute atomic E-state index is 0.154. The zero-order valence-corrected chi connectivity index (χ0v) is 11.1. The molecule has 0 aliphatic heterocycles. The quantitative estimate of drug-likeness (QED) is 0.412. The molecule has 0 saturated heterocycles. The van der Waals surface area contributed by atoms with Gasteiger partial charge in [0.15, 0.2) is 0 Å². The molecular weight excluding hydrogens is 212 g/mol. The molecule has 0 atom stereocenters. The summed E-state index contributed by atoms with van der Waals surface area (Å²) >= 11 is 4.37. The molecule has 0 aromatic rings. The molecule has 0 nitrogen and oxygen atoms in total. The smallest absolute Gasteiger partial charge is 0.0121 e. The lowest BCUT2D eigenvalue weighted by atomic mass is 9.82. The molecular formula is C15H20S. The van der Waals surface area contributed by atoms with Gasteiger partial charge in [-0.05, 0) is 12.0 Å². The van der Waals surface area contributed by atoms with Crippen LogP contribution in [-0.2, 0) is 0 Å². The van der Waals surface area contributed by atoms with Crippen molar-refractivity contribution in [3.63, 3.8) is 0 Å². The summed E-state index contributed by atoms with van der Waals surface area (Å²) in [6, 6.07) is 0. The second-order valence-electron chi connectivity index (χ2n) is 4.55. The van der Waals surface area contributed by atoms with Crippen molar-refractivity contribution >= 4 is 12.6 Å². The molecule has 0 heterocycles. The van der Waals surface area contributed by atoms with E-state index >= 15 is 0 Å². The van der Waals surface area contributed by atoms with Gasteiger partial charge in [0.2, 0.25) is 0 Å². The summed E-state index contributed by atoms with van der Waals surface area (Å²) in [4.78, 5) is 0. The molecule has 0 fully saturated rings. The van der Waals surface area contributed by atoms with Crippen molar-refractivity contribution in [1.82, 2.24) is 0 Å². The maximum Gasteiger partial charge on any atom is 0.0121 e. The first-order valence-electron chi connectivity index (χ1n) is 5.51. The van der Waals surface area contributed by atoms with Gasteiger partial charge in [0.25, 0.3) is 0 Å². The fourth-order valence-electron chi connectivity index (χ4n) is 1.84. The molecule has 0 spiro atoms. The highest BCUT2D eigenvalue weighted by molar-refractivity contribution is 7.80. The Morgan fingerprint density at radius 3 is 2.75 bits per heavy atom. The van der Waals surface area contributed by atoms with E-state index in [2.05, 4.69) is 57.9 Å². The van der Waals surface area contributed by atoms with Crippen LogP contribution >= 0.6 is 12.6 Å². The Morgan fingerprint density at radius 1 is 1.56 bits per heavy atom. The van der Waals surface area contributed by atoms with Gasteiger partial charge >= 0.3 is 0 Å². The van der Waals surface area contributed by atoms with Crippen molar-refractivity contribution in [2.75, 3.05) is 5.75 Å². The summed E-state index contributed by atoms with van der Waals surface area (Å²) in [5.41, 5.74) is 3.94. The average molecular weight is 232 g/mol. The van der Waals surface area contributed by atoms with Gasteiger partial charge in [-0.15, -0.1) is 0 Å². The maximum atomic E-state index is 4.37. The van der Waals surface area contributed by atoms with Crippen LogP contribution in [0.3, 0.4) is 0 Å². The Morgan fingerprint density at radius 2 is 2.25 bits per heavy atom. The zero-order chi connectivity index (χ0) is 12.2. The summed E-state index contributed by atoms with van der Waals surface area (Å²) in [5.74, 6) is 0.841. The van der Waals surface area contributed by atoms with Crippen LogP contribution < -0.4 is 0 Å². The molecule has 0 radical (unpaired) electrons. The van der Waals surface area contributed by atoms with Crippen LogP contribution in [0.25, 0.3) is 0 Å². The molecule has 1 aliphatic rings. The SMILES string of the molecule is C=CC(=C)/C=C\C=C1/CC=C(CS)C1(C)C. The third-order valence-corrected chi connectivity index (χ3v) is 3.55. The number of rotatable bonds is 4. The molecule has 0 N–H and O–H groups in total. The second-order valence-corrected chi connectivity index (χ2v) is 4.86. The van der Waals surface area contributed by atoms with Crippen LogP contribution in [0.1, 0.15) is 20.3 Å². The fraction of sp³-hybridized carbons (Fsp3) is 0.333. The van der Waals surface area contributed by atoms with E-state index in [9.17, 15) is 0 Å². The van der Waals surface area contributed by atoms with Gasteiger partial charge in [0.1, 0.15) is 0 Å². The molecule has 0 aromatic heterocycles. The van der Waals surface area contributed by atoms with Crippen LogP contribution in [0.4, 0.5) is 0 Å². The van der Waals surface area contributed by atoms with Crippen LogP contribution in [-0.4, -0.2) is 5.75 Å². The Bertz CT molecular complexity index is 378. The maximum absolute atomic E-state index is 4.37. The van der Waals surface area contributed by atoms with Crippen molar-refractivity contribution in [2.45, 2.75) is 20.3 Å². The minimum Gasteiger partial charge on any atom is -0.175 e. The van der Waals surface area contributed by atoms with Gasteiger partial charge < -0.3 is 0 Å². The number of thiol groups is 1. The Balaban J connectivity index is 2.78. The van der Waals surface area contributed by atoms with E-state index < -0.39 is 0 Å².